The molecule has 5 aliphatic rings. The summed E-state index contributed by atoms with van der Waals surface area (Å²) in [6, 6.07) is 0. The highest BCUT2D eigenvalue weighted by atomic mass is 16.6. The van der Waals surface area contributed by atoms with Gasteiger partial charge in [-0.15, -0.1) is 0 Å². The van der Waals surface area contributed by atoms with Crippen molar-refractivity contribution in [1.82, 2.24) is 0 Å². The Morgan fingerprint density at radius 2 is 1.56 bits per heavy atom. The van der Waals surface area contributed by atoms with Crippen molar-refractivity contribution in [2.45, 2.75) is 124 Å². The van der Waals surface area contributed by atoms with Gasteiger partial charge in [0.25, 0.3) is 0 Å². The van der Waals surface area contributed by atoms with Crippen LogP contribution >= 0.6 is 0 Å². The van der Waals surface area contributed by atoms with E-state index in [1.807, 2.05) is 20.8 Å². The third kappa shape index (κ3) is 3.91. The van der Waals surface area contributed by atoms with Gasteiger partial charge in [0.1, 0.15) is 5.60 Å². The maximum absolute atomic E-state index is 14.0. The zero-order chi connectivity index (χ0) is 28.8. The van der Waals surface area contributed by atoms with Crippen LogP contribution < -0.4 is 0 Å². The summed E-state index contributed by atoms with van der Waals surface area (Å²) in [5.74, 6) is 1.51. The first-order valence-electron chi connectivity index (χ1n) is 15.8. The normalized spacial score (nSPS) is 51.2. The smallest absolute Gasteiger partial charge is 0.312 e. The first-order valence-corrected chi connectivity index (χ1v) is 15.8. The molecule has 222 valence electrons. The van der Waals surface area contributed by atoms with E-state index in [2.05, 4.69) is 34.3 Å². The molecule has 0 bridgehead atoms. The van der Waals surface area contributed by atoms with E-state index in [1.54, 1.807) is 0 Å². The molecule has 0 unspecified atom stereocenters. The van der Waals surface area contributed by atoms with Gasteiger partial charge in [-0.2, -0.15) is 0 Å². The van der Waals surface area contributed by atoms with Gasteiger partial charge in [-0.25, -0.2) is 0 Å². The number of carbonyl (C=O) groups is 1. The minimum absolute atomic E-state index is 0.0172. The molecule has 11 atom stereocenters. The van der Waals surface area contributed by atoms with Crippen molar-refractivity contribution >= 4 is 5.97 Å². The van der Waals surface area contributed by atoms with Gasteiger partial charge in [0.15, 0.2) is 0 Å². The summed E-state index contributed by atoms with van der Waals surface area (Å²) < 4.78 is 6.14. The molecule has 0 aliphatic heterocycles. The van der Waals surface area contributed by atoms with Gasteiger partial charge in [0.05, 0.1) is 24.7 Å². The Hall–Kier alpha value is -0.910. The predicted molar refractivity (Wildman–Crippen MR) is 154 cm³/mol. The quantitative estimate of drug-likeness (QED) is 0.286. The molecule has 5 fully saturated rings. The predicted octanol–water partition coefficient (Wildman–Crippen LogP) is 6.29. The van der Waals surface area contributed by atoms with E-state index in [0.29, 0.717) is 17.8 Å². The number of fused-ring (bicyclic) bond motifs is 7. The molecule has 3 N–H and O–H groups in total. The molecule has 5 rings (SSSR count). The summed E-state index contributed by atoms with van der Waals surface area (Å²) in [6.45, 7) is 19.9. The molecule has 0 aromatic heterocycles. The third-order valence-electron chi connectivity index (χ3n) is 14.1. The van der Waals surface area contributed by atoms with Crippen LogP contribution in [0.5, 0.6) is 0 Å². The maximum Gasteiger partial charge on any atom is 0.312 e. The molecule has 5 nitrogen and oxygen atoms in total. The van der Waals surface area contributed by atoms with E-state index in [1.165, 1.54) is 0 Å². The van der Waals surface area contributed by atoms with Crippen LogP contribution in [0.15, 0.2) is 12.2 Å². The van der Waals surface area contributed by atoms with Gasteiger partial charge >= 0.3 is 5.97 Å². The summed E-state index contributed by atoms with van der Waals surface area (Å²) in [7, 11) is 0. The second-order valence-electron chi connectivity index (χ2n) is 16.5. The summed E-state index contributed by atoms with van der Waals surface area (Å²) in [4.78, 5) is 14.0. The van der Waals surface area contributed by atoms with Gasteiger partial charge in [0.2, 0.25) is 0 Å². The van der Waals surface area contributed by atoms with E-state index in [0.717, 1.165) is 69.8 Å². The van der Waals surface area contributed by atoms with Crippen molar-refractivity contribution in [3.05, 3.63) is 12.2 Å². The molecule has 5 saturated carbocycles. The van der Waals surface area contributed by atoms with Crippen molar-refractivity contribution in [1.29, 1.82) is 0 Å². The Bertz CT molecular complexity index is 1000. The average Bonchev–Trinajstić information content (AvgIpc) is 3.26. The highest BCUT2D eigenvalue weighted by Crippen LogP contribution is 2.77. The highest BCUT2D eigenvalue weighted by molar-refractivity contribution is 5.78. The lowest BCUT2D eigenvalue weighted by Gasteiger charge is -2.72. The number of aliphatic hydroxyl groups is 3. The van der Waals surface area contributed by atoms with Crippen molar-refractivity contribution in [2.75, 3.05) is 13.2 Å². The fourth-order valence-electron chi connectivity index (χ4n) is 11.9. The van der Waals surface area contributed by atoms with E-state index in [-0.39, 0.29) is 47.3 Å². The van der Waals surface area contributed by atoms with Crippen molar-refractivity contribution in [3.8, 4) is 0 Å². The van der Waals surface area contributed by atoms with E-state index in [4.69, 9.17) is 4.74 Å². The van der Waals surface area contributed by atoms with Gasteiger partial charge in [0, 0.05) is 5.41 Å². The van der Waals surface area contributed by atoms with Crippen molar-refractivity contribution in [3.63, 3.8) is 0 Å². The summed E-state index contributed by atoms with van der Waals surface area (Å²) in [6.07, 6.45) is 9.30. The molecular formula is C34H56O5. The van der Waals surface area contributed by atoms with E-state index in [9.17, 15) is 20.1 Å². The molecule has 0 aromatic carbocycles. The van der Waals surface area contributed by atoms with Crippen LogP contribution in [-0.2, 0) is 9.53 Å². The van der Waals surface area contributed by atoms with Crippen LogP contribution in [-0.4, -0.2) is 46.2 Å². The van der Waals surface area contributed by atoms with E-state index >= 15 is 0 Å². The monoisotopic (exact) mass is 544 g/mol. The molecule has 39 heavy (non-hydrogen) atoms. The Morgan fingerprint density at radius 1 is 0.872 bits per heavy atom. The molecule has 0 radical (unpaired) electrons. The Morgan fingerprint density at radius 3 is 2.18 bits per heavy atom. The largest absolute Gasteiger partial charge is 0.460 e. The zero-order valence-corrected chi connectivity index (χ0v) is 25.8. The zero-order valence-electron chi connectivity index (χ0n) is 25.8. The van der Waals surface area contributed by atoms with Gasteiger partial charge < -0.3 is 20.1 Å². The Balaban J connectivity index is 1.55. The summed E-state index contributed by atoms with van der Waals surface area (Å²) >= 11 is 0. The number of esters is 1. The van der Waals surface area contributed by atoms with Gasteiger partial charge in [-0.05, 0) is 136 Å². The number of rotatable bonds is 4. The molecule has 5 heteroatoms. The fourth-order valence-corrected chi connectivity index (χ4v) is 11.9. The van der Waals surface area contributed by atoms with Crippen LogP contribution in [0.2, 0.25) is 0 Å². The standard InChI is InChI=1S/C34H56O5/c1-21(19-35)22-11-16-34(28(38)39-29(2,3)4)18-17-32(7)23(27(22)34)9-10-25-30(5)14-13-26(37)31(6,20-36)24(30)12-15-33(25,32)8/h22-27,35-37H,1,9-20H2,2-8H3/t22-,23+,24+,25+,26-,27+,30-,31-,32+,33+,34-/m0/s1. The lowest BCUT2D eigenvalue weighted by atomic mass is 9.32. The summed E-state index contributed by atoms with van der Waals surface area (Å²) in [5, 5.41) is 31.7. The molecule has 0 heterocycles. The Labute approximate surface area is 237 Å². The van der Waals surface area contributed by atoms with Crippen LogP contribution in [0.4, 0.5) is 0 Å². The number of aliphatic hydroxyl groups excluding tert-OH is 3. The summed E-state index contributed by atoms with van der Waals surface area (Å²) in [5.41, 5.74) is -0.295. The number of carbonyl (C=O) groups excluding carboxylic acids is 1. The van der Waals surface area contributed by atoms with Crippen molar-refractivity contribution < 1.29 is 24.9 Å². The number of hydrogen-bond donors (Lipinski definition) is 3. The second-order valence-corrected chi connectivity index (χ2v) is 16.5. The van der Waals surface area contributed by atoms with Crippen LogP contribution in [0.3, 0.4) is 0 Å². The minimum Gasteiger partial charge on any atom is -0.460 e. The number of ether oxygens (including phenoxy) is 1. The van der Waals surface area contributed by atoms with Crippen LogP contribution in [0.1, 0.15) is 113 Å². The highest BCUT2D eigenvalue weighted by Gasteiger charge is 2.72. The van der Waals surface area contributed by atoms with Gasteiger partial charge in [-0.1, -0.05) is 34.3 Å². The maximum atomic E-state index is 14.0. The SMILES string of the molecule is C=C(CO)[C@@H]1CC[C@]2(C(=O)OC(C)(C)C)CC[C@]3(C)[C@H](CC[C@@H]4[C@@]5(C)CC[C@H](O)[C@@](C)(CO)[C@@H]5CC[C@]43C)[C@@H]12. The lowest BCUT2D eigenvalue weighted by molar-refractivity contribution is -0.255. The molecule has 5 aliphatic carbocycles. The van der Waals surface area contributed by atoms with Crippen LogP contribution in [0.25, 0.3) is 0 Å². The Kier molecular flexibility index (Phi) is 7.05. The molecule has 0 saturated heterocycles. The lowest BCUT2D eigenvalue weighted by Crippen LogP contribution is -2.67. The van der Waals surface area contributed by atoms with Gasteiger partial charge in [-0.3, -0.25) is 4.79 Å². The fraction of sp³-hybridized carbons (Fsp3) is 0.912. The topological polar surface area (TPSA) is 87.0 Å². The first-order chi connectivity index (χ1) is 18.0. The molecule has 0 spiro atoms. The molecule has 0 aromatic rings. The molecule has 0 amide bonds. The third-order valence-corrected chi connectivity index (χ3v) is 14.1. The number of hydrogen-bond acceptors (Lipinski definition) is 5. The van der Waals surface area contributed by atoms with Crippen molar-refractivity contribution in [2.24, 2.45) is 56.7 Å². The molecular weight excluding hydrogens is 488 g/mol. The van der Waals surface area contributed by atoms with Crippen LogP contribution in [0, 0.1) is 56.7 Å². The second kappa shape index (κ2) is 9.30. The minimum atomic E-state index is -0.523. The average molecular weight is 545 g/mol. The first kappa shape index (κ1) is 29.6. The van der Waals surface area contributed by atoms with E-state index < -0.39 is 22.5 Å².